The summed E-state index contributed by atoms with van der Waals surface area (Å²) in [6, 6.07) is 5.31. The van der Waals surface area contributed by atoms with Crippen molar-refractivity contribution >= 4 is 6.21 Å². The first-order valence-electron chi connectivity index (χ1n) is 5.57. The molecule has 0 fully saturated rings. The number of aromatic nitrogens is 6. The number of hydrogen-bond acceptors (Lipinski definition) is 5. The highest BCUT2D eigenvalue weighted by Crippen LogP contribution is 2.17. The Morgan fingerprint density at radius 2 is 1.26 bits per heavy atom. The molecule has 0 bridgehead atoms. The first-order valence-corrected chi connectivity index (χ1v) is 5.57. The van der Waals surface area contributed by atoms with Gasteiger partial charge in [0.1, 0.15) is 6.21 Å². The summed E-state index contributed by atoms with van der Waals surface area (Å²) in [7, 11) is 0. The van der Waals surface area contributed by atoms with Crippen LogP contribution >= 0.6 is 0 Å². The van der Waals surface area contributed by atoms with E-state index in [1.165, 1.54) is 6.21 Å². The molecule has 0 aromatic carbocycles. The molecule has 96 valence electrons. The van der Waals surface area contributed by atoms with Crippen LogP contribution in [0.25, 0.3) is 0 Å². The summed E-state index contributed by atoms with van der Waals surface area (Å²) in [4.78, 5) is 0. The number of nitrogens with zero attached hydrogens (tertiary/aromatic N) is 7. The normalized spacial score (nSPS) is 12.2. The number of oxime groups is 1. The third kappa shape index (κ3) is 1.61. The molecule has 8 nitrogen and oxygen atoms in total. The molecule has 0 amide bonds. The third-order valence-corrected chi connectivity index (χ3v) is 2.76. The molecule has 0 unspecified atom stereocenters. The Morgan fingerprint density at radius 1 is 0.842 bits per heavy atom. The maximum Gasteiger partial charge on any atom is 0.290 e. The molecular formula is C11H11N7O. The van der Waals surface area contributed by atoms with E-state index in [9.17, 15) is 0 Å². The topological polar surface area (TPSA) is 86.0 Å². The van der Waals surface area contributed by atoms with Crippen LogP contribution in [-0.4, -0.2) is 40.8 Å². The minimum Gasteiger partial charge on any atom is -0.411 e. The number of hydrogen-bond donors (Lipinski definition) is 1. The maximum absolute atomic E-state index is 9.04. The average Bonchev–Trinajstić information content (AvgIpc) is 3.18. The largest absolute Gasteiger partial charge is 0.411 e. The van der Waals surface area contributed by atoms with Crippen molar-refractivity contribution in [2.45, 2.75) is 5.79 Å². The fourth-order valence-corrected chi connectivity index (χ4v) is 1.96. The molecule has 0 aliphatic heterocycles. The van der Waals surface area contributed by atoms with E-state index in [1.807, 2.05) is 0 Å². The summed E-state index contributed by atoms with van der Waals surface area (Å²) < 4.78 is 4.77. The van der Waals surface area contributed by atoms with Gasteiger partial charge in [0.05, 0.1) is 0 Å². The molecule has 3 aromatic rings. The molecule has 1 N–H and O–H groups in total. The molecule has 3 aromatic heterocycles. The minimum atomic E-state index is -1.11. The quantitative estimate of drug-likeness (QED) is 0.417. The monoisotopic (exact) mass is 257 g/mol. The Labute approximate surface area is 108 Å². The SMILES string of the molecule is O/N=C/C(n1cccn1)(n1cccn1)n1cccn1. The third-order valence-electron chi connectivity index (χ3n) is 2.76. The van der Waals surface area contributed by atoms with Crippen molar-refractivity contribution in [3.8, 4) is 0 Å². The van der Waals surface area contributed by atoms with E-state index in [4.69, 9.17) is 5.21 Å². The zero-order valence-electron chi connectivity index (χ0n) is 9.85. The first kappa shape index (κ1) is 11.2. The molecule has 3 rings (SSSR count). The molecule has 3 heterocycles. The van der Waals surface area contributed by atoms with Gasteiger partial charge >= 0.3 is 0 Å². The zero-order chi connectivity index (χ0) is 13.1. The summed E-state index contributed by atoms with van der Waals surface area (Å²) >= 11 is 0. The highest BCUT2D eigenvalue weighted by atomic mass is 16.4. The summed E-state index contributed by atoms with van der Waals surface area (Å²) in [5.41, 5.74) is 0. The summed E-state index contributed by atoms with van der Waals surface area (Å²) in [6.45, 7) is 0. The second-order valence-corrected chi connectivity index (χ2v) is 3.78. The van der Waals surface area contributed by atoms with Crippen LogP contribution in [-0.2, 0) is 5.79 Å². The summed E-state index contributed by atoms with van der Waals surface area (Å²) in [5.74, 6) is -1.11. The van der Waals surface area contributed by atoms with Gasteiger partial charge in [0.2, 0.25) is 0 Å². The Kier molecular flexibility index (Phi) is 2.60. The maximum atomic E-state index is 9.04. The molecule has 0 spiro atoms. The molecule has 0 radical (unpaired) electrons. The van der Waals surface area contributed by atoms with Gasteiger partial charge in [-0.15, -0.1) is 0 Å². The molecular weight excluding hydrogens is 246 g/mol. The van der Waals surface area contributed by atoms with Crippen molar-refractivity contribution in [3.63, 3.8) is 0 Å². The molecule has 0 aliphatic rings. The van der Waals surface area contributed by atoms with Crippen molar-refractivity contribution in [2.24, 2.45) is 5.16 Å². The van der Waals surface area contributed by atoms with E-state index >= 15 is 0 Å². The van der Waals surface area contributed by atoms with Crippen LogP contribution in [0.2, 0.25) is 0 Å². The van der Waals surface area contributed by atoms with Crippen molar-refractivity contribution in [2.75, 3.05) is 0 Å². The molecule has 8 heteroatoms. The van der Waals surface area contributed by atoms with E-state index in [0.29, 0.717) is 0 Å². The Balaban J connectivity index is 2.30. The van der Waals surface area contributed by atoms with Crippen LogP contribution < -0.4 is 0 Å². The second kappa shape index (κ2) is 4.41. The van der Waals surface area contributed by atoms with Gasteiger partial charge in [-0.05, 0) is 18.2 Å². The van der Waals surface area contributed by atoms with E-state index in [2.05, 4.69) is 20.5 Å². The van der Waals surface area contributed by atoms with Crippen LogP contribution in [0.3, 0.4) is 0 Å². The fraction of sp³-hybridized carbons (Fsp3) is 0.0909. The van der Waals surface area contributed by atoms with Gasteiger partial charge in [-0.2, -0.15) is 15.3 Å². The highest BCUT2D eigenvalue weighted by Gasteiger charge is 2.37. The van der Waals surface area contributed by atoms with Crippen LogP contribution in [0, 0.1) is 0 Å². The van der Waals surface area contributed by atoms with Gasteiger partial charge in [0, 0.05) is 37.2 Å². The predicted molar refractivity (Wildman–Crippen MR) is 65.7 cm³/mol. The van der Waals surface area contributed by atoms with E-state index < -0.39 is 5.79 Å². The molecule has 0 aliphatic carbocycles. The van der Waals surface area contributed by atoms with Crippen molar-refractivity contribution in [1.82, 2.24) is 29.3 Å². The van der Waals surface area contributed by atoms with E-state index in [0.717, 1.165) is 0 Å². The number of rotatable bonds is 4. The predicted octanol–water partition coefficient (Wildman–Crippen LogP) is 0.443. The van der Waals surface area contributed by atoms with Crippen LogP contribution in [0.15, 0.2) is 60.5 Å². The van der Waals surface area contributed by atoms with Gasteiger partial charge in [-0.3, -0.25) is 0 Å². The van der Waals surface area contributed by atoms with E-state index in [1.54, 1.807) is 69.4 Å². The smallest absolute Gasteiger partial charge is 0.290 e. The molecule has 0 saturated carbocycles. The standard InChI is InChI=1S/C11H11N7O/c19-15-10-11(16-7-1-4-12-16,17-8-2-5-13-17)18-9-3-6-14-18/h1-10,19H/b15-10+. The Morgan fingerprint density at radius 3 is 1.53 bits per heavy atom. The lowest BCUT2D eigenvalue weighted by Gasteiger charge is -2.30. The summed E-state index contributed by atoms with van der Waals surface area (Å²) in [5, 5.41) is 24.8. The van der Waals surface area contributed by atoms with Crippen molar-refractivity contribution in [1.29, 1.82) is 0 Å². The van der Waals surface area contributed by atoms with Gasteiger partial charge in [0.25, 0.3) is 5.79 Å². The van der Waals surface area contributed by atoms with Crippen molar-refractivity contribution < 1.29 is 5.21 Å². The van der Waals surface area contributed by atoms with Gasteiger partial charge in [-0.1, -0.05) is 5.16 Å². The van der Waals surface area contributed by atoms with Crippen LogP contribution in [0.1, 0.15) is 0 Å². The second-order valence-electron chi connectivity index (χ2n) is 3.78. The molecule has 19 heavy (non-hydrogen) atoms. The zero-order valence-corrected chi connectivity index (χ0v) is 9.85. The van der Waals surface area contributed by atoms with Crippen molar-refractivity contribution in [3.05, 3.63) is 55.4 Å². The Hall–Kier alpha value is -2.90. The lowest BCUT2D eigenvalue weighted by molar-refractivity contribution is 0.202. The van der Waals surface area contributed by atoms with E-state index in [-0.39, 0.29) is 0 Å². The Bertz CT molecular complexity index is 555. The fourth-order valence-electron chi connectivity index (χ4n) is 1.96. The molecule has 0 saturated heterocycles. The minimum absolute atomic E-state index is 1.11. The van der Waals surface area contributed by atoms with Gasteiger partial charge < -0.3 is 5.21 Å². The van der Waals surface area contributed by atoms with Crippen LogP contribution in [0.4, 0.5) is 0 Å². The molecule has 0 atom stereocenters. The van der Waals surface area contributed by atoms with Gasteiger partial charge in [-0.25, -0.2) is 14.0 Å². The summed E-state index contributed by atoms with van der Waals surface area (Å²) in [6.07, 6.45) is 11.4. The average molecular weight is 257 g/mol. The van der Waals surface area contributed by atoms with Gasteiger partial charge in [0.15, 0.2) is 0 Å². The first-order chi connectivity index (χ1) is 9.38. The lowest BCUT2D eigenvalue weighted by Crippen LogP contribution is -2.50. The van der Waals surface area contributed by atoms with Crippen LogP contribution in [0.5, 0.6) is 0 Å². The highest BCUT2D eigenvalue weighted by molar-refractivity contribution is 5.66. The lowest BCUT2D eigenvalue weighted by atomic mass is 10.3.